The first-order valence-corrected chi connectivity index (χ1v) is 6.46. The van der Waals surface area contributed by atoms with Gasteiger partial charge in [0.2, 0.25) is 5.91 Å². The first kappa shape index (κ1) is 15.4. The van der Waals surface area contributed by atoms with E-state index in [9.17, 15) is 4.79 Å². The van der Waals surface area contributed by atoms with Gasteiger partial charge in [0, 0.05) is 18.5 Å². The molecule has 0 bridgehead atoms. The van der Waals surface area contributed by atoms with Gasteiger partial charge in [-0.05, 0) is 45.4 Å². The standard InChI is InChI=1S/C13H28N2O/c1-10(2)8-9-12(4)15-13(16)7-5-6-11(3)14/h10-12H,5-9,14H2,1-4H3,(H,15,16). The molecule has 0 aliphatic rings. The van der Waals surface area contributed by atoms with Crippen LogP contribution in [0.25, 0.3) is 0 Å². The molecule has 96 valence electrons. The van der Waals surface area contributed by atoms with E-state index < -0.39 is 0 Å². The molecule has 0 aliphatic heterocycles. The molecule has 0 saturated heterocycles. The molecule has 0 saturated carbocycles. The minimum Gasteiger partial charge on any atom is -0.354 e. The van der Waals surface area contributed by atoms with Crippen molar-refractivity contribution in [1.29, 1.82) is 0 Å². The second-order valence-corrected chi connectivity index (χ2v) is 5.31. The fourth-order valence-corrected chi connectivity index (χ4v) is 1.59. The van der Waals surface area contributed by atoms with E-state index >= 15 is 0 Å². The van der Waals surface area contributed by atoms with Gasteiger partial charge in [0.05, 0.1) is 0 Å². The molecule has 2 unspecified atom stereocenters. The van der Waals surface area contributed by atoms with Crippen molar-refractivity contribution in [2.75, 3.05) is 0 Å². The summed E-state index contributed by atoms with van der Waals surface area (Å²) >= 11 is 0. The van der Waals surface area contributed by atoms with Gasteiger partial charge in [-0.15, -0.1) is 0 Å². The number of rotatable bonds is 8. The van der Waals surface area contributed by atoms with Crippen molar-refractivity contribution in [3.63, 3.8) is 0 Å². The van der Waals surface area contributed by atoms with Crippen LogP contribution in [0.15, 0.2) is 0 Å². The van der Waals surface area contributed by atoms with Crippen LogP contribution in [0.2, 0.25) is 0 Å². The van der Waals surface area contributed by atoms with E-state index in [0.29, 0.717) is 18.4 Å². The molecule has 0 spiro atoms. The lowest BCUT2D eigenvalue weighted by atomic mass is 10.0. The molecule has 0 radical (unpaired) electrons. The van der Waals surface area contributed by atoms with Crippen LogP contribution in [0, 0.1) is 5.92 Å². The Morgan fingerprint density at radius 3 is 2.25 bits per heavy atom. The van der Waals surface area contributed by atoms with Crippen LogP contribution in [-0.4, -0.2) is 18.0 Å². The number of nitrogens with one attached hydrogen (secondary N) is 1. The van der Waals surface area contributed by atoms with E-state index in [4.69, 9.17) is 5.73 Å². The van der Waals surface area contributed by atoms with Gasteiger partial charge in [0.15, 0.2) is 0 Å². The van der Waals surface area contributed by atoms with Crippen molar-refractivity contribution >= 4 is 5.91 Å². The lowest BCUT2D eigenvalue weighted by molar-refractivity contribution is -0.121. The minimum absolute atomic E-state index is 0.164. The molecule has 2 atom stereocenters. The summed E-state index contributed by atoms with van der Waals surface area (Å²) < 4.78 is 0. The predicted molar refractivity (Wildman–Crippen MR) is 69.2 cm³/mol. The highest BCUT2D eigenvalue weighted by Crippen LogP contribution is 2.07. The number of amides is 1. The highest BCUT2D eigenvalue weighted by atomic mass is 16.1. The molecule has 0 fully saturated rings. The minimum atomic E-state index is 0.164. The maximum atomic E-state index is 11.5. The fourth-order valence-electron chi connectivity index (χ4n) is 1.59. The number of hydrogen-bond donors (Lipinski definition) is 2. The maximum absolute atomic E-state index is 11.5. The van der Waals surface area contributed by atoms with Crippen molar-refractivity contribution in [3.8, 4) is 0 Å². The molecule has 1 amide bonds. The van der Waals surface area contributed by atoms with Crippen LogP contribution >= 0.6 is 0 Å². The lowest BCUT2D eigenvalue weighted by Gasteiger charge is -2.15. The first-order chi connectivity index (χ1) is 7.41. The zero-order valence-corrected chi connectivity index (χ0v) is 11.3. The average Bonchev–Trinajstić information content (AvgIpc) is 2.14. The van der Waals surface area contributed by atoms with Crippen molar-refractivity contribution in [3.05, 3.63) is 0 Å². The second kappa shape index (κ2) is 8.57. The van der Waals surface area contributed by atoms with Crippen molar-refractivity contribution in [1.82, 2.24) is 5.32 Å². The van der Waals surface area contributed by atoms with Crippen molar-refractivity contribution in [2.24, 2.45) is 11.7 Å². The van der Waals surface area contributed by atoms with E-state index in [2.05, 4.69) is 26.1 Å². The van der Waals surface area contributed by atoms with E-state index in [0.717, 1.165) is 19.3 Å². The highest BCUT2D eigenvalue weighted by Gasteiger charge is 2.08. The van der Waals surface area contributed by atoms with Gasteiger partial charge in [-0.3, -0.25) is 4.79 Å². The predicted octanol–water partition coefficient (Wildman–Crippen LogP) is 2.44. The highest BCUT2D eigenvalue weighted by molar-refractivity contribution is 5.76. The zero-order chi connectivity index (χ0) is 12.6. The Bertz CT molecular complexity index is 190. The Labute approximate surface area is 100 Å². The third kappa shape index (κ3) is 9.97. The quantitative estimate of drug-likeness (QED) is 0.670. The van der Waals surface area contributed by atoms with E-state index in [-0.39, 0.29) is 11.9 Å². The number of hydrogen-bond acceptors (Lipinski definition) is 2. The summed E-state index contributed by atoms with van der Waals surface area (Å²) in [5.41, 5.74) is 5.63. The summed E-state index contributed by atoms with van der Waals surface area (Å²) in [7, 11) is 0. The molecule has 0 aliphatic carbocycles. The van der Waals surface area contributed by atoms with Gasteiger partial charge in [-0.1, -0.05) is 13.8 Å². The van der Waals surface area contributed by atoms with Crippen LogP contribution in [0.4, 0.5) is 0 Å². The summed E-state index contributed by atoms with van der Waals surface area (Å²) in [5, 5.41) is 3.03. The number of carbonyl (C=O) groups is 1. The normalized spacial score (nSPS) is 14.9. The topological polar surface area (TPSA) is 55.1 Å². The van der Waals surface area contributed by atoms with Gasteiger partial charge >= 0.3 is 0 Å². The van der Waals surface area contributed by atoms with E-state index in [1.54, 1.807) is 0 Å². The smallest absolute Gasteiger partial charge is 0.220 e. The van der Waals surface area contributed by atoms with Crippen LogP contribution in [-0.2, 0) is 4.79 Å². The Kier molecular flexibility index (Phi) is 8.26. The molecule has 0 aromatic rings. The molecule has 0 aromatic carbocycles. The molecule has 3 N–H and O–H groups in total. The number of carbonyl (C=O) groups excluding carboxylic acids is 1. The molecule has 3 nitrogen and oxygen atoms in total. The third-order valence-corrected chi connectivity index (χ3v) is 2.65. The summed E-state index contributed by atoms with van der Waals surface area (Å²) in [4.78, 5) is 11.5. The number of nitrogens with two attached hydrogens (primary N) is 1. The molecular weight excluding hydrogens is 200 g/mol. The first-order valence-electron chi connectivity index (χ1n) is 6.46. The Morgan fingerprint density at radius 2 is 1.75 bits per heavy atom. The SMILES string of the molecule is CC(C)CCC(C)NC(=O)CCCC(C)N. The van der Waals surface area contributed by atoms with Crippen molar-refractivity contribution in [2.45, 2.75) is 71.9 Å². The third-order valence-electron chi connectivity index (χ3n) is 2.65. The van der Waals surface area contributed by atoms with Gasteiger partial charge in [0.1, 0.15) is 0 Å². The van der Waals surface area contributed by atoms with Crippen LogP contribution < -0.4 is 11.1 Å². The lowest BCUT2D eigenvalue weighted by Crippen LogP contribution is -2.32. The summed E-state index contributed by atoms with van der Waals surface area (Å²) in [5.74, 6) is 0.870. The fraction of sp³-hybridized carbons (Fsp3) is 0.923. The van der Waals surface area contributed by atoms with Crippen LogP contribution in [0.1, 0.15) is 59.8 Å². The monoisotopic (exact) mass is 228 g/mol. The summed E-state index contributed by atoms with van der Waals surface area (Å²) in [6, 6.07) is 0.497. The Hall–Kier alpha value is -0.570. The average molecular weight is 228 g/mol. The largest absolute Gasteiger partial charge is 0.354 e. The van der Waals surface area contributed by atoms with Gasteiger partial charge in [-0.2, -0.15) is 0 Å². The maximum Gasteiger partial charge on any atom is 0.220 e. The summed E-state index contributed by atoms with van der Waals surface area (Å²) in [6.45, 7) is 8.46. The molecule has 0 rings (SSSR count). The van der Waals surface area contributed by atoms with Gasteiger partial charge in [-0.25, -0.2) is 0 Å². The van der Waals surface area contributed by atoms with Crippen LogP contribution in [0.5, 0.6) is 0 Å². The molecule has 16 heavy (non-hydrogen) atoms. The van der Waals surface area contributed by atoms with Crippen LogP contribution in [0.3, 0.4) is 0 Å². The van der Waals surface area contributed by atoms with E-state index in [1.165, 1.54) is 6.42 Å². The Morgan fingerprint density at radius 1 is 1.12 bits per heavy atom. The molecule has 0 aromatic heterocycles. The second-order valence-electron chi connectivity index (χ2n) is 5.31. The van der Waals surface area contributed by atoms with Gasteiger partial charge in [0.25, 0.3) is 0 Å². The van der Waals surface area contributed by atoms with Crippen molar-refractivity contribution < 1.29 is 4.79 Å². The Balaban J connectivity index is 3.54. The van der Waals surface area contributed by atoms with Gasteiger partial charge < -0.3 is 11.1 Å². The molecule has 0 heterocycles. The summed E-state index contributed by atoms with van der Waals surface area (Å²) in [6.07, 6.45) is 4.65. The molecular formula is C13H28N2O. The van der Waals surface area contributed by atoms with E-state index in [1.807, 2.05) is 6.92 Å². The zero-order valence-electron chi connectivity index (χ0n) is 11.3. The molecule has 3 heteroatoms.